The third-order valence-corrected chi connectivity index (χ3v) is 3.83. The molecule has 0 aliphatic carbocycles. The number of hydrogen-bond donors (Lipinski definition) is 1. The summed E-state index contributed by atoms with van der Waals surface area (Å²) in [5.74, 6) is 0. The van der Waals surface area contributed by atoms with Gasteiger partial charge in [0.15, 0.2) is 0 Å². The standard InChI is InChI=1S/C17H17ClN4O/c1-2-21(17(23)20-14-7-5-6-13(18)10-14)12-15-11-19-16-8-3-4-9-22(15)16/h3-11H,2,12H2,1H3,(H,20,23). The normalized spacial score (nSPS) is 10.7. The number of nitrogens with one attached hydrogen (secondary N) is 1. The van der Waals surface area contributed by atoms with Crippen LogP contribution in [0.4, 0.5) is 10.5 Å². The minimum atomic E-state index is -0.166. The quantitative estimate of drug-likeness (QED) is 0.785. The van der Waals surface area contributed by atoms with Gasteiger partial charge in [-0.05, 0) is 37.3 Å². The van der Waals surface area contributed by atoms with Crippen molar-refractivity contribution in [1.29, 1.82) is 0 Å². The van der Waals surface area contributed by atoms with E-state index in [1.54, 1.807) is 29.3 Å². The molecule has 1 N–H and O–H groups in total. The number of urea groups is 1. The average Bonchev–Trinajstić information content (AvgIpc) is 2.95. The van der Waals surface area contributed by atoms with Crippen molar-refractivity contribution in [2.75, 3.05) is 11.9 Å². The summed E-state index contributed by atoms with van der Waals surface area (Å²) in [6.45, 7) is 3.02. The highest BCUT2D eigenvalue weighted by molar-refractivity contribution is 6.30. The predicted octanol–water partition coefficient (Wildman–Crippen LogP) is 4.04. The molecule has 0 radical (unpaired) electrons. The molecule has 0 spiro atoms. The number of fused-ring (bicyclic) bond motifs is 1. The summed E-state index contributed by atoms with van der Waals surface area (Å²) in [4.78, 5) is 18.5. The number of aromatic nitrogens is 2. The van der Waals surface area contributed by atoms with Crippen LogP contribution in [0.25, 0.3) is 5.65 Å². The van der Waals surface area contributed by atoms with Crippen LogP contribution in [-0.2, 0) is 6.54 Å². The molecule has 118 valence electrons. The highest BCUT2D eigenvalue weighted by Crippen LogP contribution is 2.16. The van der Waals surface area contributed by atoms with Gasteiger partial charge in [0.2, 0.25) is 0 Å². The molecule has 6 heteroatoms. The maximum absolute atomic E-state index is 12.5. The molecule has 23 heavy (non-hydrogen) atoms. The highest BCUT2D eigenvalue weighted by Gasteiger charge is 2.14. The van der Waals surface area contributed by atoms with E-state index in [4.69, 9.17) is 11.6 Å². The molecule has 0 bridgehead atoms. The molecule has 0 aliphatic rings. The molecular formula is C17H17ClN4O. The number of carbonyl (C=O) groups excluding carboxylic acids is 1. The minimum Gasteiger partial charge on any atom is -0.319 e. The lowest BCUT2D eigenvalue weighted by molar-refractivity contribution is 0.211. The number of pyridine rings is 1. The van der Waals surface area contributed by atoms with E-state index in [9.17, 15) is 4.79 Å². The smallest absolute Gasteiger partial charge is 0.319 e. The van der Waals surface area contributed by atoms with E-state index >= 15 is 0 Å². The summed E-state index contributed by atoms with van der Waals surface area (Å²) in [6.07, 6.45) is 3.74. The Bertz CT molecular complexity index is 830. The summed E-state index contributed by atoms with van der Waals surface area (Å²) >= 11 is 5.95. The maximum atomic E-state index is 12.5. The Balaban J connectivity index is 1.75. The fraction of sp³-hybridized carbons (Fsp3) is 0.176. The third-order valence-electron chi connectivity index (χ3n) is 3.59. The Morgan fingerprint density at radius 1 is 1.30 bits per heavy atom. The van der Waals surface area contributed by atoms with Gasteiger partial charge in [-0.25, -0.2) is 9.78 Å². The molecule has 0 atom stereocenters. The van der Waals surface area contributed by atoms with Crippen LogP contribution in [0.3, 0.4) is 0 Å². The lowest BCUT2D eigenvalue weighted by Crippen LogP contribution is -2.34. The Labute approximate surface area is 139 Å². The Hall–Kier alpha value is -2.53. The molecule has 0 aliphatic heterocycles. The number of halogens is 1. The topological polar surface area (TPSA) is 49.6 Å². The van der Waals surface area contributed by atoms with Crippen molar-refractivity contribution in [1.82, 2.24) is 14.3 Å². The van der Waals surface area contributed by atoms with Gasteiger partial charge in [0, 0.05) is 23.5 Å². The molecule has 0 unspecified atom stereocenters. The molecule has 3 rings (SSSR count). The first-order valence-electron chi connectivity index (χ1n) is 7.40. The van der Waals surface area contributed by atoms with Gasteiger partial charge in [0.25, 0.3) is 0 Å². The predicted molar refractivity (Wildman–Crippen MR) is 91.7 cm³/mol. The molecule has 2 heterocycles. The lowest BCUT2D eigenvalue weighted by Gasteiger charge is -2.21. The van der Waals surface area contributed by atoms with Crippen molar-refractivity contribution in [3.63, 3.8) is 0 Å². The molecule has 2 aromatic heterocycles. The minimum absolute atomic E-state index is 0.166. The van der Waals surface area contributed by atoms with Crippen LogP contribution in [0, 0.1) is 0 Å². The number of benzene rings is 1. The number of rotatable bonds is 4. The van der Waals surface area contributed by atoms with Crippen LogP contribution in [-0.4, -0.2) is 26.9 Å². The summed E-state index contributed by atoms with van der Waals surface area (Å²) in [7, 11) is 0. The van der Waals surface area contributed by atoms with Gasteiger partial charge in [-0.1, -0.05) is 23.7 Å². The molecule has 2 amide bonds. The summed E-state index contributed by atoms with van der Waals surface area (Å²) < 4.78 is 1.98. The van der Waals surface area contributed by atoms with Crippen molar-refractivity contribution < 1.29 is 4.79 Å². The second kappa shape index (κ2) is 6.71. The fourth-order valence-electron chi connectivity index (χ4n) is 2.39. The lowest BCUT2D eigenvalue weighted by atomic mass is 10.3. The second-order valence-electron chi connectivity index (χ2n) is 5.13. The number of imidazole rings is 1. The SMILES string of the molecule is CCN(Cc1cnc2ccccn12)C(=O)Nc1cccc(Cl)c1. The number of anilines is 1. The van der Waals surface area contributed by atoms with Gasteiger partial charge in [-0.3, -0.25) is 0 Å². The van der Waals surface area contributed by atoms with Gasteiger partial charge < -0.3 is 14.6 Å². The van der Waals surface area contributed by atoms with E-state index < -0.39 is 0 Å². The van der Waals surface area contributed by atoms with Gasteiger partial charge in [-0.15, -0.1) is 0 Å². The van der Waals surface area contributed by atoms with Crippen LogP contribution in [0.1, 0.15) is 12.6 Å². The van der Waals surface area contributed by atoms with Crippen molar-refractivity contribution >= 4 is 29.0 Å². The molecular weight excluding hydrogens is 312 g/mol. The number of nitrogens with zero attached hydrogens (tertiary/aromatic N) is 3. The van der Waals surface area contributed by atoms with E-state index in [2.05, 4.69) is 10.3 Å². The van der Waals surface area contributed by atoms with Crippen molar-refractivity contribution in [2.24, 2.45) is 0 Å². The van der Waals surface area contributed by atoms with Gasteiger partial charge in [0.1, 0.15) is 5.65 Å². The summed E-state index contributed by atoms with van der Waals surface area (Å²) in [5, 5.41) is 3.46. The van der Waals surface area contributed by atoms with E-state index in [0.29, 0.717) is 23.8 Å². The second-order valence-corrected chi connectivity index (χ2v) is 5.57. The number of carbonyl (C=O) groups is 1. The fourth-order valence-corrected chi connectivity index (χ4v) is 2.58. The molecule has 0 fully saturated rings. The van der Waals surface area contributed by atoms with Crippen LogP contribution in [0.5, 0.6) is 0 Å². The highest BCUT2D eigenvalue weighted by atomic mass is 35.5. The summed E-state index contributed by atoms with van der Waals surface area (Å²) in [5.41, 5.74) is 2.51. The average molecular weight is 329 g/mol. The van der Waals surface area contributed by atoms with Crippen LogP contribution in [0.15, 0.2) is 54.9 Å². The Morgan fingerprint density at radius 2 is 2.17 bits per heavy atom. The van der Waals surface area contributed by atoms with Crippen LogP contribution >= 0.6 is 11.6 Å². The first-order valence-corrected chi connectivity index (χ1v) is 7.77. The zero-order valence-electron chi connectivity index (χ0n) is 12.7. The zero-order valence-corrected chi connectivity index (χ0v) is 13.5. The molecule has 0 saturated carbocycles. The monoisotopic (exact) mass is 328 g/mol. The summed E-state index contributed by atoms with van der Waals surface area (Å²) in [6, 6.07) is 12.8. The number of hydrogen-bond acceptors (Lipinski definition) is 2. The number of amides is 2. The zero-order chi connectivity index (χ0) is 16.2. The van der Waals surface area contributed by atoms with Crippen molar-refractivity contribution in [3.05, 3.63) is 65.6 Å². The van der Waals surface area contributed by atoms with Crippen molar-refractivity contribution in [3.8, 4) is 0 Å². The van der Waals surface area contributed by atoms with E-state index in [1.165, 1.54) is 0 Å². The van der Waals surface area contributed by atoms with Crippen molar-refractivity contribution in [2.45, 2.75) is 13.5 Å². The first-order chi connectivity index (χ1) is 11.2. The largest absolute Gasteiger partial charge is 0.322 e. The van der Waals surface area contributed by atoms with Gasteiger partial charge in [0.05, 0.1) is 18.4 Å². The van der Waals surface area contributed by atoms with E-state index in [0.717, 1.165) is 11.3 Å². The van der Waals surface area contributed by atoms with E-state index in [-0.39, 0.29) is 6.03 Å². The third kappa shape index (κ3) is 3.46. The van der Waals surface area contributed by atoms with Crippen LogP contribution < -0.4 is 5.32 Å². The molecule has 5 nitrogen and oxygen atoms in total. The molecule has 1 aromatic carbocycles. The van der Waals surface area contributed by atoms with Gasteiger partial charge in [-0.2, -0.15) is 0 Å². The van der Waals surface area contributed by atoms with Gasteiger partial charge >= 0.3 is 6.03 Å². The maximum Gasteiger partial charge on any atom is 0.322 e. The van der Waals surface area contributed by atoms with E-state index in [1.807, 2.05) is 41.8 Å². The molecule has 0 saturated heterocycles. The Morgan fingerprint density at radius 3 is 2.96 bits per heavy atom. The Kier molecular flexibility index (Phi) is 4.48. The first kappa shape index (κ1) is 15.4. The molecule has 3 aromatic rings. The van der Waals surface area contributed by atoms with Crippen LogP contribution in [0.2, 0.25) is 5.02 Å².